The van der Waals surface area contributed by atoms with Crippen LogP contribution in [0, 0.1) is 0 Å². The van der Waals surface area contributed by atoms with Gasteiger partial charge in [0.25, 0.3) is 0 Å². The van der Waals surface area contributed by atoms with Crippen LogP contribution in [0.4, 0.5) is 0 Å². The van der Waals surface area contributed by atoms with Crippen molar-refractivity contribution >= 4 is 11.8 Å². The van der Waals surface area contributed by atoms with E-state index >= 15 is 0 Å². The average Bonchev–Trinajstić information content (AvgIpc) is 2.36. The van der Waals surface area contributed by atoms with Crippen molar-refractivity contribution in [3.05, 3.63) is 0 Å². The summed E-state index contributed by atoms with van der Waals surface area (Å²) in [4.78, 5) is 20.8. The number of carboxylic acids is 1. The van der Waals surface area contributed by atoms with Gasteiger partial charge in [0.1, 0.15) is 5.78 Å². The van der Waals surface area contributed by atoms with Gasteiger partial charge in [0.15, 0.2) is 0 Å². The maximum atomic E-state index is 10.8. The Bertz CT molecular complexity index is 242. The molecule has 0 aliphatic carbocycles. The lowest BCUT2D eigenvalue weighted by Gasteiger charge is -2.19. The Morgan fingerprint density at radius 1 is 1.56 bits per heavy atom. The highest BCUT2D eigenvalue weighted by Crippen LogP contribution is 2.11. The number of methoxy groups -OCH3 is 1. The zero-order valence-electron chi connectivity index (χ0n) is 11.5. The molecule has 0 radical (unpaired) electrons. The third-order valence-electron chi connectivity index (χ3n) is 2.84. The highest BCUT2D eigenvalue weighted by molar-refractivity contribution is 5.79. The van der Waals surface area contributed by atoms with Crippen molar-refractivity contribution in [2.24, 2.45) is 0 Å². The molecular weight excluding hydrogens is 236 g/mol. The topological polar surface area (TPSA) is 72.8 Å². The number of aliphatic carboxylic acids is 1. The fourth-order valence-corrected chi connectivity index (χ4v) is 1.61. The van der Waals surface area contributed by atoms with Gasteiger partial charge in [0.05, 0.1) is 25.2 Å². The predicted molar refractivity (Wildman–Crippen MR) is 67.6 cm³/mol. The molecule has 1 N–H and O–H groups in total. The minimum absolute atomic E-state index is 0.104. The molecule has 2 atom stereocenters. The third kappa shape index (κ3) is 8.20. The normalized spacial score (nSPS) is 20.8. The molecule has 0 aromatic heterocycles. The van der Waals surface area contributed by atoms with Crippen LogP contribution in [0.3, 0.4) is 0 Å². The lowest BCUT2D eigenvalue weighted by molar-refractivity contribution is -0.139. The smallest absolute Gasteiger partial charge is 0.305 e. The van der Waals surface area contributed by atoms with Crippen molar-refractivity contribution in [3.63, 3.8) is 0 Å². The van der Waals surface area contributed by atoms with E-state index in [9.17, 15) is 9.59 Å². The summed E-state index contributed by atoms with van der Waals surface area (Å²) in [7, 11) is 1.52. The second-order valence-electron chi connectivity index (χ2n) is 4.26. The number of ether oxygens (including phenoxy) is 2. The molecule has 0 spiro atoms. The number of ketones is 1. The van der Waals surface area contributed by atoms with Crippen molar-refractivity contribution in [3.8, 4) is 0 Å². The molecule has 1 heterocycles. The molecule has 1 aliphatic heterocycles. The van der Waals surface area contributed by atoms with Crippen LogP contribution < -0.4 is 0 Å². The number of carbonyl (C=O) groups excluding carboxylic acids is 1. The predicted octanol–water partition coefficient (Wildman–Crippen LogP) is 2.03. The van der Waals surface area contributed by atoms with E-state index in [2.05, 4.69) is 0 Å². The van der Waals surface area contributed by atoms with Gasteiger partial charge in [-0.15, -0.1) is 0 Å². The fraction of sp³-hybridized carbons (Fsp3) is 0.846. The van der Waals surface area contributed by atoms with Crippen molar-refractivity contribution in [2.75, 3.05) is 13.7 Å². The SMILES string of the molecule is CCC(CC(=O)O)OC.CCC1CC(=O)CCO1. The summed E-state index contributed by atoms with van der Waals surface area (Å²) in [5, 5.41) is 8.27. The largest absolute Gasteiger partial charge is 0.481 e. The Morgan fingerprint density at radius 3 is 2.50 bits per heavy atom. The van der Waals surface area contributed by atoms with Crippen LogP contribution in [0.5, 0.6) is 0 Å². The van der Waals surface area contributed by atoms with Crippen LogP contribution in [-0.2, 0) is 19.1 Å². The molecule has 0 saturated carbocycles. The molecule has 5 nitrogen and oxygen atoms in total. The molecule has 18 heavy (non-hydrogen) atoms. The van der Waals surface area contributed by atoms with Crippen LogP contribution >= 0.6 is 0 Å². The molecule has 0 aromatic carbocycles. The van der Waals surface area contributed by atoms with Crippen molar-refractivity contribution < 1.29 is 24.2 Å². The van der Waals surface area contributed by atoms with E-state index in [1.165, 1.54) is 7.11 Å². The molecule has 5 heteroatoms. The number of carbonyl (C=O) groups is 2. The monoisotopic (exact) mass is 260 g/mol. The zero-order valence-corrected chi connectivity index (χ0v) is 11.5. The van der Waals surface area contributed by atoms with Crippen molar-refractivity contribution in [1.82, 2.24) is 0 Å². The van der Waals surface area contributed by atoms with Crippen molar-refractivity contribution in [1.29, 1.82) is 0 Å². The first-order valence-electron chi connectivity index (χ1n) is 6.41. The summed E-state index contributed by atoms with van der Waals surface area (Å²) in [5.74, 6) is -0.447. The summed E-state index contributed by atoms with van der Waals surface area (Å²) in [5.41, 5.74) is 0. The van der Waals surface area contributed by atoms with Crippen molar-refractivity contribution in [2.45, 2.75) is 58.2 Å². The van der Waals surface area contributed by atoms with Crippen LogP contribution in [0.15, 0.2) is 0 Å². The maximum Gasteiger partial charge on any atom is 0.305 e. The van der Waals surface area contributed by atoms with E-state index in [0.717, 1.165) is 12.8 Å². The number of hydrogen-bond donors (Lipinski definition) is 1. The van der Waals surface area contributed by atoms with Gasteiger partial charge in [0.2, 0.25) is 0 Å². The van der Waals surface area contributed by atoms with E-state index in [1.54, 1.807) is 0 Å². The maximum absolute atomic E-state index is 10.8. The lowest BCUT2D eigenvalue weighted by atomic mass is 10.1. The highest BCUT2D eigenvalue weighted by atomic mass is 16.5. The average molecular weight is 260 g/mol. The number of hydrogen-bond acceptors (Lipinski definition) is 4. The Labute approximate surface area is 108 Å². The minimum atomic E-state index is -0.802. The lowest BCUT2D eigenvalue weighted by Crippen LogP contribution is -2.24. The molecule has 106 valence electrons. The molecular formula is C13H24O5. The Balaban J connectivity index is 0.000000321. The fourth-order valence-electron chi connectivity index (χ4n) is 1.61. The molecule has 2 unspecified atom stereocenters. The van der Waals surface area contributed by atoms with Gasteiger partial charge in [0, 0.05) is 20.0 Å². The number of carboxylic acid groups (broad SMARTS) is 1. The van der Waals surface area contributed by atoms with Gasteiger partial charge < -0.3 is 14.6 Å². The van der Waals surface area contributed by atoms with Crippen LogP contribution in [-0.4, -0.2) is 42.8 Å². The quantitative estimate of drug-likeness (QED) is 0.818. The molecule has 1 saturated heterocycles. The van der Waals surface area contributed by atoms with Gasteiger partial charge in [-0.2, -0.15) is 0 Å². The second-order valence-corrected chi connectivity index (χ2v) is 4.26. The molecule has 1 rings (SSSR count). The first-order valence-corrected chi connectivity index (χ1v) is 6.41. The zero-order chi connectivity index (χ0) is 14.0. The summed E-state index contributed by atoms with van der Waals surface area (Å²) < 4.78 is 10.1. The van der Waals surface area contributed by atoms with E-state index in [1.807, 2.05) is 13.8 Å². The van der Waals surface area contributed by atoms with Crippen LogP contribution in [0.2, 0.25) is 0 Å². The molecule has 0 bridgehead atoms. The molecule has 0 aromatic rings. The summed E-state index contributed by atoms with van der Waals surface area (Å²) in [6.07, 6.45) is 3.17. The van der Waals surface area contributed by atoms with Gasteiger partial charge in [-0.3, -0.25) is 9.59 Å². The standard InChI is InChI=1S/C7H12O2.C6H12O3/c1-2-7-5-6(8)3-4-9-7;1-3-5(9-2)4-6(7)8/h7H,2-5H2,1H3;5H,3-4H2,1-2H3,(H,7,8). The Hall–Kier alpha value is -0.940. The first kappa shape index (κ1) is 17.1. The van der Waals surface area contributed by atoms with Gasteiger partial charge in [-0.1, -0.05) is 13.8 Å². The van der Waals surface area contributed by atoms with E-state index in [0.29, 0.717) is 25.2 Å². The van der Waals surface area contributed by atoms with Gasteiger partial charge in [-0.25, -0.2) is 0 Å². The summed E-state index contributed by atoms with van der Waals surface area (Å²) >= 11 is 0. The Kier molecular flexibility index (Phi) is 9.50. The number of rotatable bonds is 5. The molecule has 0 amide bonds. The minimum Gasteiger partial charge on any atom is -0.481 e. The van der Waals surface area contributed by atoms with Crippen LogP contribution in [0.1, 0.15) is 46.0 Å². The summed E-state index contributed by atoms with van der Waals surface area (Å²) in [6.45, 7) is 4.58. The highest BCUT2D eigenvalue weighted by Gasteiger charge is 2.17. The Morgan fingerprint density at radius 2 is 2.22 bits per heavy atom. The van der Waals surface area contributed by atoms with Crippen LogP contribution in [0.25, 0.3) is 0 Å². The first-order chi connectivity index (χ1) is 8.53. The van der Waals surface area contributed by atoms with Gasteiger partial charge in [-0.05, 0) is 12.8 Å². The van der Waals surface area contributed by atoms with Gasteiger partial charge >= 0.3 is 5.97 Å². The third-order valence-corrected chi connectivity index (χ3v) is 2.84. The van der Waals surface area contributed by atoms with E-state index in [4.69, 9.17) is 14.6 Å². The van der Waals surface area contributed by atoms with E-state index in [-0.39, 0.29) is 18.6 Å². The molecule has 1 fully saturated rings. The van der Waals surface area contributed by atoms with E-state index < -0.39 is 5.97 Å². The second kappa shape index (κ2) is 10.0. The summed E-state index contributed by atoms with van der Waals surface area (Å²) in [6, 6.07) is 0. The molecule has 1 aliphatic rings. The number of Topliss-reactive ketones (excluding diaryl/α,β-unsaturated/α-hetero) is 1.